The van der Waals surface area contributed by atoms with Gasteiger partial charge in [0.1, 0.15) is 5.82 Å². The lowest BCUT2D eigenvalue weighted by atomic mass is 10.1. The van der Waals surface area contributed by atoms with Crippen LogP contribution in [0.4, 0.5) is 10.5 Å². The van der Waals surface area contributed by atoms with Crippen molar-refractivity contribution in [2.45, 2.75) is 18.9 Å². The first-order valence-corrected chi connectivity index (χ1v) is 14.3. The first-order valence-electron chi connectivity index (χ1n) is 12.5. The van der Waals surface area contributed by atoms with Crippen molar-refractivity contribution in [1.82, 2.24) is 25.0 Å². The Labute approximate surface area is 221 Å². The average molecular weight is 539 g/mol. The fraction of sp³-hybridized carbons (Fsp3) is 0.385. The number of H-pyrrole nitrogens is 1. The van der Waals surface area contributed by atoms with Crippen molar-refractivity contribution >= 4 is 27.5 Å². The number of carbonyl (C=O) groups excluding carboxylic acids is 2. The second-order valence-electron chi connectivity index (χ2n) is 9.61. The quantitative estimate of drug-likeness (QED) is 0.488. The number of carbonyl (C=O) groups is 2. The second-order valence-corrected chi connectivity index (χ2v) is 11.9. The fourth-order valence-corrected chi connectivity index (χ4v) is 6.02. The summed E-state index contributed by atoms with van der Waals surface area (Å²) < 4.78 is 28.1. The number of sulfone groups is 1. The number of anilines is 1. The zero-order valence-corrected chi connectivity index (χ0v) is 21.9. The van der Waals surface area contributed by atoms with Crippen molar-refractivity contribution < 1.29 is 22.7 Å². The maximum atomic E-state index is 12.9. The summed E-state index contributed by atoms with van der Waals surface area (Å²) in [6.07, 6.45) is 0.451. The van der Waals surface area contributed by atoms with Gasteiger partial charge in [0.2, 0.25) is 0 Å². The van der Waals surface area contributed by atoms with Gasteiger partial charge in [-0.15, -0.1) is 0 Å². The number of rotatable bonds is 6. The number of amides is 2. The van der Waals surface area contributed by atoms with Crippen molar-refractivity contribution in [3.63, 3.8) is 0 Å². The van der Waals surface area contributed by atoms with Gasteiger partial charge in [0.25, 0.3) is 5.91 Å². The lowest BCUT2D eigenvalue weighted by molar-refractivity contribution is 0.102. The third-order valence-corrected chi connectivity index (χ3v) is 8.55. The molecule has 1 atom stereocenters. The molecule has 200 valence electrons. The molecule has 38 heavy (non-hydrogen) atoms. The number of likely N-dealkylation sites (tertiary alicyclic amines) is 1. The molecule has 11 nitrogen and oxygen atoms in total. The van der Waals surface area contributed by atoms with Gasteiger partial charge in [-0.25, -0.2) is 18.2 Å². The van der Waals surface area contributed by atoms with Crippen molar-refractivity contribution in [1.29, 1.82) is 0 Å². The smallest absolute Gasteiger partial charge is 0.409 e. The molecule has 2 aliphatic rings. The molecule has 0 saturated carbocycles. The summed E-state index contributed by atoms with van der Waals surface area (Å²) in [6, 6.07) is 14.7. The zero-order chi connectivity index (χ0) is 26.7. The first-order chi connectivity index (χ1) is 18.3. The van der Waals surface area contributed by atoms with Gasteiger partial charge < -0.3 is 15.0 Å². The summed E-state index contributed by atoms with van der Waals surface area (Å²) >= 11 is 0. The summed E-state index contributed by atoms with van der Waals surface area (Å²) in [5.41, 5.74) is 2.95. The molecule has 2 saturated heterocycles. The summed E-state index contributed by atoms with van der Waals surface area (Å²) in [6.45, 7) is 2.76. The summed E-state index contributed by atoms with van der Waals surface area (Å²) in [5.74, 6) is 1.48. The van der Waals surface area contributed by atoms with E-state index in [1.54, 1.807) is 23.1 Å². The predicted molar refractivity (Wildman–Crippen MR) is 141 cm³/mol. The molecule has 2 fully saturated rings. The highest BCUT2D eigenvalue weighted by Crippen LogP contribution is 2.27. The minimum absolute atomic E-state index is 0.0765. The van der Waals surface area contributed by atoms with Gasteiger partial charge in [-0.3, -0.25) is 14.8 Å². The standard InChI is InChI=1S/C26H30N6O5S/c1-37-26(34)32-10-9-21(17-32)24-28-23(29-30-24)19-5-7-22(8-6-19)27-25(33)20-4-2-3-18(15-20)16-31-11-13-38(35,36)14-12-31/h2-8,15,21H,9-14,16-17H2,1H3,(H,27,33)(H,28,29,30). The van der Waals surface area contributed by atoms with E-state index in [4.69, 9.17) is 4.74 Å². The van der Waals surface area contributed by atoms with E-state index in [0.717, 1.165) is 23.4 Å². The minimum Gasteiger partial charge on any atom is -0.453 e. The van der Waals surface area contributed by atoms with E-state index < -0.39 is 9.84 Å². The maximum Gasteiger partial charge on any atom is 0.409 e. The van der Waals surface area contributed by atoms with Gasteiger partial charge in [-0.1, -0.05) is 12.1 Å². The van der Waals surface area contributed by atoms with Crippen LogP contribution in [-0.4, -0.2) is 90.2 Å². The Morgan fingerprint density at radius 2 is 1.87 bits per heavy atom. The van der Waals surface area contributed by atoms with Gasteiger partial charge in [0.15, 0.2) is 15.7 Å². The molecule has 2 aliphatic heterocycles. The zero-order valence-electron chi connectivity index (χ0n) is 21.1. The van der Waals surface area contributed by atoms with Crippen molar-refractivity contribution in [2.24, 2.45) is 0 Å². The molecular formula is C26H30N6O5S. The molecule has 5 rings (SSSR count). The van der Waals surface area contributed by atoms with Crippen LogP contribution in [0.15, 0.2) is 48.5 Å². The third-order valence-electron chi connectivity index (χ3n) is 6.94. The normalized spacial score (nSPS) is 19.3. The highest BCUT2D eigenvalue weighted by molar-refractivity contribution is 7.91. The van der Waals surface area contributed by atoms with Crippen LogP contribution in [0, 0.1) is 0 Å². The highest BCUT2D eigenvalue weighted by Gasteiger charge is 2.30. The molecule has 2 N–H and O–H groups in total. The number of nitrogens with one attached hydrogen (secondary N) is 2. The third kappa shape index (κ3) is 6.03. The number of hydrogen-bond donors (Lipinski definition) is 2. The lowest BCUT2D eigenvalue weighted by Gasteiger charge is -2.26. The Bertz CT molecular complexity index is 1410. The molecule has 0 bridgehead atoms. The second kappa shape index (κ2) is 10.9. The number of benzene rings is 2. The lowest BCUT2D eigenvalue weighted by Crippen LogP contribution is -2.39. The molecule has 0 radical (unpaired) electrons. The van der Waals surface area contributed by atoms with Gasteiger partial charge in [-0.2, -0.15) is 5.10 Å². The van der Waals surface area contributed by atoms with Gasteiger partial charge >= 0.3 is 6.09 Å². The highest BCUT2D eigenvalue weighted by atomic mass is 32.2. The Hall–Kier alpha value is -3.77. The van der Waals surface area contributed by atoms with E-state index in [2.05, 4.69) is 25.4 Å². The predicted octanol–water partition coefficient (Wildman–Crippen LogP) is 2.51. The molecule has 12 heteroatoms. The van der Waals surface area contributed by atoms with E-state index in [0.29, 0.717) is 49.8 Å². The molecule has 3 aromatic rings. The number of aromatic nitrogens is 3. The molecule has 0 aliphatic carbocycles. The van der Waals surface area contributed by atoms with E-state index in [-0.39, 0.29) is 29.4 Å². The molecule has 2 amide bonds. The molecule has 2 aromatic carbocycles. The first kappa shape index (κ1) is 25.9. The number of methoxy groups -OCH3 is 1. The van der Waals surface area contributed by atoms with Crippen LogP contribution in [0.3, 0.4) is 0 Å². The maximum absolute atomic E-state index is 12.9. The van der Waals surface area contributed by atoms with Crippen molar-refractivity contribution in [3.8, 4) is 11.4 Å². The van der Waals surface area contributed by atoms with Crippen LogP contribution in [0.2, 0.25) is 0 Å². The summed E-state index contributed by atoms with van der Waals surface area (Å²) in [4.78, 5) is 33.0. The van der Waals surface area contributed by atoms with E-state index in [9.17, 15) is 18.0 Å². The van der Waals surface area contributed by atoms with E-state index in [1.807, 2.05) is 30.3 Å². The van der Waals surface area contributed by atoms with E-state index >= 15 is 0 Å². The number of ether oxygens (including phenoxy) is 1. The molecule has 0 spiro atoms. The largest absolute Gasteiger partial charge is 0.453 e. The van der Waals surface area contributed by atoms with Crippen LogP contribution in [0.5, 0.6) is 0 Å². The van der Waals surface area contributed by atoms with Gasteiger partial charge in [-0.05, 0) is 48.4 Å². The summed E-state index contributed by atoms with van der Waals surface area (Å²) in [5, 5.41) is 10.2. The van der Waals surface area contributed by atoms with Crippen LogP contribution < -0.4 is 5.32 Å². The fourth-order valence-electron chi connectivity index (χ4n) is 4.75. The van der Waals surface area contributed by atoms with Gasteiger partial charge in [0.05, 0.1) is 18.6 Å². The number of hydrogen-bond acceptors (Lipinski definition) is 8. The monoisotopic (exact) mass is 538 g/mol. The van der Waals surface area contributed by atoms with E-state index in [1.165, 1.54) is 7.11 Å². The summed E-state index contributed by atoms with van der Waals surface area (Å²) in [7, 11) is -1.55. The Morgan fingerprint density at radius 3 is 2.61 bits per heavy atom. The van der Waals surface area contributed by atoms with Gasteiger partial charge in [0, 0.05) is 55.5 Å². The van der Waals surface area contributed by atoms with Crippen LogP contribution in [0.25, 0.3) is 11.4 Å². The van der Waals surface area contributed by atoms with Crippen molar-refractivity contribution in [2.75, 3.05) is 50.1 Å². The Balaban J connectivity index is 1.18. The SMILES string of the molecule is COC(=O)N1CCC(c2nc(-c3ccc(NC(=O)c4cccc(CN5CCS(=O)(=O)CC5)c4)cc3)n[nH]2)C1. The number of aromatic amines is 1. The number of nitrogens with zero attached hydrogens (tertiary/aromatic N) is 4. The molecule has 1 unspecified atom stereocenters. The molecule has 3 heterocycles. The van der Waals surface area contributed by atoms with Crippen LogP contribution >= 0.6 is 0 Å². The van der Waals surface area contributed by atoms with Crippen molar-refractivity contribution in [3.05, 3.63) is 65.5 Å². The minimum atomic E-state index is -2.93. The molecule has 1 aromatic heterocycles. The average Bonchev–Trinajstić information content (AvgIpc) is 3.61. The Morgan fingerprint density at radius 1 is 1.11 bits per heavy atom. The van der Waals surface area contributed by atoms with Crippen LogP contribution in [0.1, 0.15) is 34.1 Å². The van der Waals surface area contributed by atoms with Crippen LogP contribution in [-0.2, 0) is 21.1 Å². The molecular weight excluding hydrogens is 508 g/mol. The topological polar surface area (TPSA) is 138 Å². The Kier molecular flexibility index (Phi) is 7.43.